The predicted molar refractivity (Wildman–Crippen MR) is 67.0 cm³/mol. The van der Waals surface area contributed by atoms with Crippen LogP contribution >= 0.6 is 11.6 Å². The Morgan fingerprint density at radius 3 is 2.78 bits per heavy atom. The number of nitrogens with two attached hydrogens (primary N) is 1. The van der Waals surface area contributed by atoms with Gasteiger partial charge < -0.3 is 0 Å². The SMILES string of the molecule is Cc1c(Cl)cnn1Cc1ccc(C(=O)NN)cn1. The second-order valence-electron chi connectivity index (χ2n) is 3.75. The fourth-order valence-corrected chi connectivity index (χ4v) is 1.61. The van der Waals surface area contributed by atoms with Gasteiger partial charge in [-0.05, 0) is 19.1 Å². The molecule has 0 saturated carbocycles. The molecular formula is C11H12ClN5O. The van der Waals surface area contributed by atoms with E-state index in [1.54, 1.807) is 23.0 Å². The first-order valence-corrected chi connectivity index (χ1v) is 5.63. The van der Waals surface area contributed by atoms with E-state index in [0.29, 0.717) is 17.1 Å². The van der Waals surface area contributed by atoms with E-state index in [2.05, 4.69) is 10.1 Å². The number of halogens is 1. The largest absolute Gasteiger partial charge is 0.290 e. The van der Waals surface area contributed by atoms with Gasteiger partial charge in [-0.2, -0.15) is 5.10 Å². The van der Waals surface area contributed by atoms with Gasteiger partial charge in [0.1, 0.15) is 0 Å². The lowest BCUT2D eigenvalue weighted by Crippen LogP contribution is -2.30. The van der Waals surface area contributed by atoms with Crippen LogP contribution in [0.3, 0.4) is 0 Å². The number of pyridine rings is 1. The highest BCUT2D eigenvalue weighted by molar-refractivity contribution is 6.31. The summed E-state index contributed by atoms with van der Waals surface area (Å²) in [7, 11) is 0. The van der Waals surface area contributed by atoms with Gasteiger partial charge in [0.2, 0.25) is 0 Å². The summed E-state index contributed by atoms with van der Waals surface area (Å²) in [5, 5.41) is 4.75. The van der Waals surface area contributed by atoms with Crippen LogP contribution in [0.4, 0.5) is 0 Å². The van der Waals surface area contributed by atoms with Crippen molar-refractivity contribution in [1.29, 1.82) is 0 Å². The van der Waals surface area contributed by atoms with Crippen LogP contribution in [-0.4, -0.2) is 20.7 Å². The molecule has 2 rings (SSSR count). The smallest absolute Gasteiger partial charge is 0.266 e. The molecule has 18 heavy (non-hydrogen) atoms. The average Bonchev–Trinajstić information content (AvgIpc) is 2.71. The monoisotopic (exact) mass is 265 g/mol. The van der Waals surface area contributed by atoms with Gasteiger partial charge in [-0.15, -0.1) is 0 Å². The van der Waals surface area contributed by atoms with E-state index in [0.717, 1.165) is 11.4 Å². The van der Waals surface area contributed by atoms with Crippen molar-refractivity contribution in [3.63, 3.8) is 0 Å². The molecule has 1 amide bonds. The Kier molecular flexibility index (Phi) is 3.59. The summed E-state index contributed by atoms with van der Waals surface area (Å²) in [4.78, 5) is 15.4. The minimum absolute atomic E-state index is 0.368. The molecule has 0 aliphatic heterocycles. The first-order chi connectivity index (χ1) is 8.61. The van der Waals surface area contributed by atoms with Gasteiger partial charge in [-0.3, -0.25) is 19.9 Å². The standard InChI is InChI=1S/C11H12ClN5O/c1-7-10(12)5-15-17(7)6-9-3-2-8(4-14-9)11(18)16-13/h2-5H,6,13H2,1H3,(H,16,18). The predicted octanol–water partition coefficient (Wildman–Crippen LogP) is 0.892. The van der Waals surface area contributed by atoms with E-state index in [1.165, 1.54) is 6.20 Å². The van der Waals surface area contributed by atoms with Crippen molar-refractivity contribution < 1.29 is 4.79 Å². The van der Waals surface area contributed by atoms with Crippen LogP contribution in [0.15, 0.2) is 24.5 Å². The van der Waals surface area contributed by atoms with Gasteiger partial charge in [0.15, 0.2) is 0 Å². The summed E-state index contributed by atoms with van der Waals surface area (Å²) in [6.07, 6.45) is 3.06. The van der Waals surface area contributed by atoms with Crippen molar-refractivity contribution in [2.24, 2.45) is 5.84 Å². The quantitative estimate of drug-likeness (QED) is 0.490. The third-order valence-electron chi connectivity index (χ3n) is 2.57. The van der Waals surface area contributed by atoms with Gasteiger partial charge in [0.25, 0.3) is 5.91 Å². The fraction of sp³-hybridized carbons (Fsp3) is 0.182. The van der Waals surface area contributed by atoms with Crippen LogP contribution in [0.5, 0.6) is 0 Å². The minimum atomic E-state index is -0.368. The molecular weight excluding hydrogens is 254 g/mol. The second-order valence-corrected chi connectivity index (χ2v) is 4.15. The lowest BCUT2D eigenvalue weighted by Gasteiger charge is -2.05. The molecule has 0 aromatic carbocycles. The molecule has 7 heteroatoms. The number of hydrazine groups is 1. The molecule has 0 atom stereocenters. The van der Waals surface area contributed by atoms with Gasteiger partial charge in [0, 0.05) is 6.20 Å². The second kappa shape index (κ2) is 5.16. The summed E-state index contributed by atoms with van der Waals surface area (Å²) in [6.45, 7) is 2.38. The van der Waals surface area contributed by atoms with E-state index >= 15 is 0 Å². The highest BCUT2D eigenvalue weighted by Gasteiger charge is 2.07. The van der Waals surface area contributed by atoms with Gasteiger partial charge >= 0.3 is 0 Å². The number of nitrogen functional groups attached to an aromatic ring is 1. The van der Waals surface area contributed by atoms with E-state index < -0.39 is 0 Å². The number of nitrogens with one attached hydrogen (secondary N) is 1. The van der Waals surface area contributed by atoms with Crippen LogP contribution in [0, 0.1) is 6.92 Å². The fourth-order valence-electron chi connectivity index (χ4n) is 1.47. The zero-order valence-corrected chi connectivity index (χ0v) is 10.5. The van der Waals surface area contributed by atoms with Crippen molar-refractivity contribution in [3.05, 3.63) is 46.5 Å². The highest BCUT2D eigenvalue weighted by atomic mass is 35.5. The van der Waals surface area contributed by atoms with Crippen LogP contribution in [-0.2, 0) is 6.54 Å². The zero-order valence-electron chi connectivity index (χ0n) is 9.72. The van der Waals surface area contributed by atoms with Crippen LogP contribution < -0.4 is 11.3 Å². The Balaban J connectivity index is 2.16. The molecule has 0 aliphatic carbocycles. The van der Waals surface area contributed by atoms with E-state index in [9.17, 15) is 4.79 Å². The third kappa shape index (κ3) is 2.49. The first kappa shape index (κ1) is 12.5. The minimum Gasteiger partial charge on any atom is -0.290 e. The molecule has 0 bridgehead atoms. The van der Waals surface area contributed by atoms with Crippen LogP contribution in [0.1, 0.15) is 21.7 Å². The first-order valence-electron chi connectivity index (χ1n) is 5.25. The topological polar surface area (TPSA) is 85.8 Å². The molecule has 0 aliphatic rings. The molecule has 0 radical (unpaired) electrons. The summed E-state index contributed by atoms with van der Waals surface area (Å²) < 4.78 is 1.74. The number of aromatic nitrogens is 3. The maximum atomic E-state index is 11.2. The highest BCUT2D eigenvalue weighted by Crippen LogP contribution is 2.14. The summed E-state index contributed by atoms with van der Waals surface area (Å²) >= 11 is 5.91. The summed E-state index contributed by atoms with van der Waals surface area (Å²) in [5.41, 5.74) is 4.12. The molecule has 2 aromatic rings. The number of carbonyl (C=O) groups is 1. The Morgan fingerprint density at radius 1 is 1.50 bits per heavy atom. The molecule has 3 N–H and O–H groups in total. The number of carbonyl (C=O) groups excluding carboxylic acids is 1. The Morgan fingerprint density at radius 2 is 2.28 bits per heavy atom. The van der Waals surface area contributed by atoms with E-state index in [-0.39, 0.29) is 5.91 Å². The zero-order chi connectivity index (χ0) is 13.1. The van der Waals surface area contributed by atoms with E-state index in [1.807, 2.05) is 12.3 Å². The van der Waals surface area contributed by atoms with Crippen molar-refractivity contribution >= 4 is 17.5 Å². The molecule has 94 valence electrons. The van der Waals surface area contributed by atoms with Gasteiger partial charge in [-0.25, -0.2) is 5.84 Å². The number of rotatable bonds is 3. The van der Waals surface area contributed by atoms with Crippen molar-refractivity contribution in [3.8, 4) is 0 Å². The van der Waals surface area contributed by atoms with Gasteiger partial charge in [-0.1, -0.05) is 11.6 Å². The maximum absolute atomic E-state index is 11.2. The Hall–Kier alpha value is -1.92. The Bertz CT molecular complexity index is 563. The normalized spacial score (nSPS) is 10.4. The maximum Gasteiger partial charge on any atom is 0.266 e. The molecule has 2 aromatic heterocycles. The van der Waals surface area contributed by atoms with Crippen LogP contribution in [0.25, 0.3) is 0 Å². The lowest BCUT2D eigenvalue weighted by molar-refractivity contribution is 0.0953. The van der Waals surface area contributed by atoms with Crippen LogP contribution in [0.2, 0.25) is 5.02 Å². The lowest BCUT2D eigenvalue weighted by atomic mass is 10.2. The van der Waals surface area contributed by atoms with Crippen molar-refractivity contribution in [2.45, 2.75) is 13.5 Å². The van der Waals surface area contributed by atoms with Gasteiger partial charge in [0.05, 0.1) is 34.7 Å². The van der Waals surface area contributed by atoms with E-state index in [4.69, 9.17) is 17.4 Å². The Labute approximate surface area is 109 Å². The molecule has 0 fully saturated rings. The van der Waals surface area contributed by atoms with Crippen molar-refractivity contribution in [1.82, 2.24) is 20.2 Å². The number of nitrogens with zero attached hydrogens (tertiary/aromatic N) is 3. The van der Waals surface area contributed by atoms with Crippen molar-refractivity contribution in [2.75, 3.05) is 0 Å². The summed E-state index contributed by atoms with van der Waals surface area (Å²) in [5.74, 6) is 4.66. The molecule has 0 unspecified atom stereocenters. The number of hydrogen-bond donors (Lipinski definition) is 2. The molecule has 2 heterocycles. The third-order valence-corrected chi connectivity index (χ3v) is 2.94. The summed E-state index contributed by atoms with van der Waals surface area (Å²) in [6, 6.07) is 3.41. The molecule has 0 saturated heterocycles. The number of hydrogen-bond acceptors (Lipinski definition) is 4. The number of amides is 1. The average molecular weight is 266 g/mol. The molecule has 0 spiro atoms. The molecule has 6 nitrogen and oxygen atoms in total.